The molecule has 4 heteroatoms. The second kappa shape index (κ2) is 5.34. The Morgan fingerprint density at radius 3 is 2.93 bits per heavy atom. The molecule has 0 aliphatic heterocycles. The van der Waals surface area contributed by atoms with Gasteiger partial charge in [-0.3, -0.25) is 0 Å². The second-order valence-corrected chi connectivity index (χ2v) is 3.23. The van der Waals surface area contributed by atoms with E-state index in [2.05, 4.69) is 4.74 Å². The number of esters is 1. The van der Waals surface area contributed by atoms with Gasteiger partial charge in [0.15, 0.2) is 0 Å². The summed E-state index contributed by atoms with van der Waals surface area (Å²) in [5, 5.41) is 0. The highest BCUT2D eigenvalue weighted by Crippen LogP contribution is 2.17. The fourth-order valence-corrected chi connectivity index (χ4v) is 1.34. The lowest BCUT2D eigenvalue weighted by atomic mass is 10.2. The van der Waals surface area contributed by atoms with Crippen molar-refractivity contribution in [2.75, 3.05) is 7.11 Å². The maximum Gasteiger partial charge on any atom is 0.341 e. The number of ether oxygens (including phenoxy) is 1. The molecule has 0 aliphatic rings. The SMILES string of the molecule is COC(=O)c1cc(CCCC=O)oc1C. The number of hydrogen-bond acceptors (Lipinski definition) is 4. The highest BCUT2D eigenvalue weighted by Gasteiger charge is 2.14. The Bertz CT molecular complexity index is 351. The Balaban J connectivity index is 2.68. The molecule has 1 heterocycles. The number of rotatable bonds is 5. The van der Waals surface area contributed by atoms with Crippen molar-refractivity contribution in [2.45, 2.75) is 26.2 Å². The van der Waals surface area contributed by atoms with Gasteiger partial charge in [0.25, 0.3) is 0 Å². The van der Waals surface area contributed by atoms with Gasteiger partial charge in [-0.15, -0.1) is 0 Å². The molecule has 0 saturated heterocycles. The van der Waals surface area contributed by atoms with Gasteiger partial charge in [-0.1, -0.05) is 0 Å². The minimum absolute atomic E-state index is 0.391. The van der Waals surface area contributed by atoms with Crippen LogP contribution in [0.1, 0.15) is 34.7 Å². The minimum Gasteiger partial charge on any atom is -0.465 e. The molecule has 1 aromatic rings. The molecule has 82 valence electrons. The Kier molecular flexibility index (Phi) is 4.09. The highest BCUT2D eigenvalue weighted by atomic mass is 16.5. The van der Waals surface area contributed by atoms with Crippen molar-refractivity contribution in [2.24, 2.45) is 0 Å². The van der Waals surface area contributed by atoms with E-state index in [1.54, 1.807) is 13.0 Å². The van der Waals surface area contributed by atoms with Crippen LogP contribution in [0.25, 0.3) is 0 Å². The molecular formula is C11H14O4. The number of aldehydes is 1. The van der Waals surface area contributed by atoms with Crippen LogP contribution in [0.15, 0.2) is 10.5 Å². The van der Waals surface area contributed by atoms with Crippen molar-refractivity contribution in [3.63, 3.8) is 0 Å². The predicted octanol–water partition coefficient (Wildman–Crippen LogP) is 1.90. The van der Waals surface area contributed by atoms with E-state index in [4.69, 9.17) is 4.42 Å². The number of furan rings is 1. The van der Waals surface area contributed by atoms with Crippen molar-refractivity contribution in [3.05, 3.63) is 23.2 Å². The quantitative estimate of drug-likeness (QED) is 0.423. The van der Waals surface area contributed by atoms with Crippen LogP contribution in [0.5, 0.6) is 0 Å². The van der Waals surface area contributed by atoms with E-state index in [1.807, 2.05) is 0 Å². The molecule has 0 spiro atoms. The summed E-state index contributed by atoms with van der Waals surface area (Å²) in [5.74, 6) is 0.885. The summed E-state index contributed by atoms with van der Waals surface area (Å²) in [5.41, 5.74) is 0.457. The maximum atomic E-state index is 11.2. The van der Waals surface area contributed by atoms with E-state index in [0.29, 0.717) is 24.2 Å². The van der Waals surface area contributed by atoms with Crippen LogP contribution >= 0.6 is 0 Å². The standard InChI is InChI=1S/C11H14O4/c1-8-10(11(13)14-2)7-9(15-8)5-3-4-6-12/h6-7H,3-5H2,1-2H3. The Morgan fingerprint density at radius 2 is 2.33 bits per heavy atom. The minimum atomic E-state index is -0.391. The smallest absolute Gasteiger partial charge is 0.341 e. The van der Waals surface area contributed by atoms with Crippen LogP contribution in [0.3, 0.4) is 0 Å². The molecule has 0 saturated carbocycles. The van der Waals surface area contributed by atoms with Crippen molar-refractivity contribution < 1.29 is 18.7 Å². The van der Waals surface area contributed by atoms with E-state index >= 15 is 0 Å². The van der Waals surface area contributed by atoms with Crippen LogP contribution in [-0.4, -0.2) is 19.4 Å². The third-order valence-electron chi connectivity index (χ3n) is 2.12. The van der Waals surface area contributed by atoms with Gasteiger partial charge >= 0.3 is 5.97 Å². The first-order chi connectivity index (χ1) is 7.19. The average Bonchev–Trinajstić information content (AvgIpc) is 2.59. The average molecular weight is 210 g/mol. The number of aryl methyl sites for hydroxylation is 2. The Morgan fingerprint density at radius 1 is 1.60 bits per heavy atom. The topological polar surface area (TPSA) is 56.5 Å². The van der Waals surface area contributed by atoms with Crippen LogP contribution in [0, 0.1) is 6.92 Å². The molecule has 4 nitrogen and oxygen atoms in total. The first-order valence-electron chi connectivity index (χ1n) is 4.80. The number of hydrogen-bond donors (Lipinski definition) is 0. The van der Waals surface area contributed by atoms with Gasteiger partial charge in [-0.25, -0.2) is 4.79 Å². The lowest BCUT2D eigenvalue weighted by Crippen LogP contribution is -2.00. The fourth-order valence-electron chi connectivity index (χ4n) is 1.34. The summed E-state index contributed by atoms with van der Waals surface area (Å²) in [6, 6.07) is 1.67. The predicted molar refractivity (Wildman–Crippen MR) is 53.8 cm³/mol. The van der Waals surface area contributed by atoms with E-state index < -0.39 is 5.97 Å². The zero-order valence-corrected chi connectivity index (χ0v) is 8.91. The lowest BCUT2D eigenvalue weighted by molar-refractivity contribution is -0.107. The molecule has 15 heavy (non-hydrogen) atoms. The normalized spacial score (nSPS) is 10.0. The Labute approximate surface area is 88.2 Å². The summed E-state index contributed by atoms with van der Waals surface area (Å²) in [7, 11) is 1.33. The molecule has 1 aromatic heterocycles. The van der Waals surface area contributed by atoms with Gasteiger partial charge in [0.1, 0.15) is 23.4 Å². The molecular weight excluding hydrogens is 196 g/mol. The van der Waals surface area contributed by atoms with E-state index in [9.17, 15) is 9.59 Å². The fraction of sp³-hybridized carbons (Fsp3) is 0.455. The summed E-state index contributed by atoms with van der Waals surface area (Å²) in [6.45, 7) is 1.72. The summed E-state index contributed by atoms with van der Waals surface area (Å²) < 4.78 is 9.97. The third kappa shape index (κ3) is 2.94. The zero-order chi connectivity index (χ0) is 11.3. The zero-order valence-electron chi connectivity index (χ0n) is 8.91. The van der Waals surface area contributed by atoms with E-state index in [1.165, 1.54) is 7.11 Å². The largest absolute Gasteiger partial charge is 0.465 e. The molecule has 0 bridgehead atoms. The monoisotopic (exact) mass is 210 g/mol. The molecule has 0 radical (unpaired) electrons. The third-order valence-corrected chi connectivity index (χ3v) is 2.12. The molecule has 1 rings (SSSR count). The molecule has 0 amide bonds. The van der Waals surface area contributed by atoms with Gasteiger partial charge < -0.3 is 13.9 Å². The van der Waals surface area contributed by atoms with Gasteiger partial charge in [0.2, 0.25) is 0 Å². The summed E-state index contributed by atoms with van der Waals surface area (Å²) in [6.07, 6.45) is 2.78. The lowest BCUT2D eigenvalue weighted by Gasteiger charge is -1.93. The number of methoxy groups -OCH3 is 1. The summed E-state index contributed by atoms with van der Waals surface area (Å²) >= 11 is 0. The van der Waals surface area contributed by atoms with Crippen LogP contribution < -0.4 is 0 Å². The molecule has 0 aromatic carbocycles. The molecule has 0 unspecified atom stereocenters. The maximum absolute atomic E-state index is 11.2. The van der Waals surface area contributed by atoms with Gasteiger partial charge in [0.05, 0.1) is 7.11 Å². The van der Waals surface area contributed by atoms with Crippen molar-refractivity contribution >= 4 is 12.3 Å². The van der Waals surface area contributed by atoms with E-state index in [-0.39, 0.29) is 0 Å². The molecule has 0 atom stereocenters. The van der Waals surface area contributed by atoms with Gasteiger partial charge in [0, 0.05) is 12.8 Å². The Hall–Kier alpha value is -1.58. The number of unbranched alkanes of at least 4 members (excludes halogenated alkanes) is 1. The van der Waals surface area contributed by atoms with Crippen LogP contribution in [0.2, 0.25) is 0 Å². The van der Waals surface area contributed by atoms with Gasteiger partial charge in [-0.2, -0.15) is 0 Å². The van der Waals surface area contributed by atoms with Crippen LogP contribution in [-0.2, 0) is 16.0 Å². The molecule has 0 aliphatic carbocycles. The van der Waals surface area contributed by atoms with Crippen molar-refractivity contribution in [1.82, 2.24) is 0 Å². The first-order valence-corrected chi connectivity index (χ1v) is 4.80. The van der Waals surface area contributed by atoms with Crippen molar-refractivity contribution in [1.29, 1.82) is 0 Å². The second-order valence-electron chi connectivity index (χ2n) is 3.23. The first kappa shape index (κ1) is 11.5. The van der Waals surface area contributed by atoms with Gasteiger partial charge in [-0.05, 0) is 19.4 Å². The molecule has 0 fully saturated rings. The molecule has 0 N–H and O–H groups in total. The highest BCUT2D eigenvalue weighted by molar-refractivity contribution is 5.90. The van der Waals surface area contributed by atoms with Crippen LogP contribution in [0.4, 0.5) is 0 Å². The van der Waals surface area contributed by atoms with E-state index in [0.717, 1.165) is 18.5 Å². The van der Waals surface area contributed by atoms with Crippen molar-refractivity contribution in [3.8, 4) is 0 Å². The summed E-state index contributed by atoms with van der Waals surface area (Å²) in [4.78, 5) is 21.4. The number of carbonyl (C=O) groups excluding carboxylic acids is 2. The number of carbonyl (C=O) groups is 2.